The van der Waals surface area contributed by atoms with Gasteiger partial charge in [-0.2, -0.15) is 0 Å². The molecule has 132 valence electrons. The van der Waals surface area contributed by atoms with Gasteiger partial charge >= 0.3 is 5.97 Å². The molecule has 0 unspecified atom stereocenters. The average molecular weight is 366 g/mol. The second-order valence-corrected chi connectivity index (χ2v) is 5.35. The van der Waals surface area contributed by atoms with E-state index in [9.17, 15) is 14.9 Å². The van der Waals surface area contributed by atoms with Crippen molar-refractivity contribution in [2.45, 2.75) is 13.5 Å². The number of esters is 1. The van der Waals surface area contributed by atoms with Gasteiger partial charge in [-0.15, -0.1) is 0 Å². The Morgan fingerprint density at radius 2 is 1.88 bits per heavy atom. The standard InChI is InChI=1S/C17H16ClNO6/c1-3-24-16-9-14(19(21)22)13(8-15(16)23-2)17(20)25-10-11-4-6-12(18)7-5-11/h4-9H,3,10H2,1-2H3. The number of ether oxygens (including phenoxy) is 3. The smallest absolute Gasteiger partial charge is 0.345 e. The van der Waals surface area contributed by atoms with Gasteiger partial charge in [-0.05, 0) is 24.6 Å². The van der Waals surface area contributed by atoms with Crippen LogP contribution in [-0.2, 0) is 11.3 Å². The number of nitrogens with zero attached hydrogens (tertiary/aromatic N) is 1. The molecule has 0 aromatic heterocycles. The molecular formula is C17H16ClNO6. The fraction of sp³-hybridized carbons (Fsp3) is 0.235. The van der Waals surface area contributed by atoms with Crippen molar-refractivity contribution in [1.29, 1.82) is 0 Å². The topological polar surface area (TPSA) is 87.9 Å². The molecule has 0 saturated heterocycles. The molecule has 8 heteroatoms. The van der Waals surface area contributed by atoms with E-state index in [0.29, 0.717) is 17.2 Å². The van der Waals surface area contributed by atoms with Crippen LogP contribution in [-0.4, -0.2) is 24.6 Å². The Balaban J connectivity index is 2.27. The fourth-order valence-corrected chi connectivity index (χ4v) is 2.22. The minimum absolute atomic E-state index is 0.0390. The van der Waals surface area contributed by atoms with E-state index in [0.717, 1.165) is 6.07 Å². The highest BCUT2D eigenvalue weighted by molar-refractivity contribution is 6.30. The Bertz CT molecular complexity index is 775. The molecule has 0 aliphatic carbocycles. The zero-order chi connectivity index (χ0) is 18.4. The lowest BCUT2D eigenvalue weighted by Gasteiger charge is -2.11. The molecule has 0 bridgehead atoms. The van der Waals surface area contributed by atoms with Gasteiger partial charge in [0.05, 0.1) is 24.7 Å². The summed E-state index contributed by atoms with van der Waals surface area (Å²) in [6.07, 6.45) is 0. The molecule has 0 atom stereocenters. The van der Waals surface area contributed by atoms with Crippen LogP contribution in [0.3, 0.4) is 0 Å². The van der Waals surface area contributed by atoms with Gasteiger partial charge in [0.25, 0.3) is 5.69 Å². The van der Waals surface area contributed by atoms with Crippen LogP contribution in [0, 0.1) is 10.1 Å². The van der Waals surface area contributed by atoms with Crippen LogP contribution in [0.2, 0.25) is 5.02 Å². The number of nitro benzene ring substituents is 1. The largest absolute Gasteiger partial charge is 0.493 e. The molecule has 2 aromatic rings. The maximum Gasteiger partial charge on any atom is 0.345 e. The highest BCUT2D eigenvalue weighted by Gasteiger charge is 2.25. The van der Waals surface area contributed by atoms with Crippen LogP contribution in [0.1, 0.15) is 22.8 Å². The molecule has 7 nitrogen and oxygen atoms in total. The van der Waals surface area contributed by atoms with Crippen LogP contribution in [0.5, 0.6) is 11.5 Å². The number of carbonyl (C=O) groups is 1. The van der Waals surface area contributed by atoms with Crippen molar-refractivity contribution in [2.75, 3.05) is 13.7 Å². The van der Waals surface area contributed by atoms with E-state index in [-0.39, 0.29) is 23.7 Å². The third-order valence-electron chi connectivity index (χ3n) is 3.28. The van der Waals surface area contributed by atoms with E-state index in [2.05, 4.69) is 0 Å². The van der Waals surface area contributed by atoms with Crippen LogP contribution in [0.25, 0.3) is 0 Å². The zero-order valence-electron chi connectivity index (χ0n) is 13.7. The van der Waals surface area contributed by atoms with Gasteiger partial charge in [0, 0.05) is 11.1 Å². The predicted octanol–water partition coefficient (Wildman–Crippen LogP) is 4.01. The first kappa shape index (κ1) is 18.5. The Morgan fingerprint density at radius 3 is 2.44 bits per heavy atom. The highest BCUT2D eigenvalue weighted by atomic mass is 35.5. The molecule has 0 radical (unpaired) electrons. The minimum atomic E-state index is -0.831. The van der Waals surface area contributed by atoms with Crippen LogP contribution < -0.4 is 9.47 Å². The number of nitro groups is 1. The molecule has 0 N–H and O–H groups in total. The SMILES string of the molecule is CCOc1cc([N+](=O)[O-])c(C(=O)OCc2ccc(Cl)cc2)cc1OC. The van der Waals surface area contributed by atoms with Crippen LogP contribution in [0.4, 0.5) is 5.69 Å². The van der Waals surface area contributed by atoms with Crippen molar-refractivity contribution in [3.63, 3.8) is 0 Å². The van der Waals surface area contributed by atoms with E-state index >= 15 is 0 Å². The molecule has 0 heterocycles. The summed E-state index contributed by atoms with van der Waals surface area (Å²) in [6.45, 7) is 2.00. The summed E-state index contributed by atoms with van der Waals surface area (Å²) in [4.78, 5) is 22.9. The van der Waals surface area contributed by atoms with Crippen molar-refractivity contribution < 1.29 is 23.9 Å². The van der Waals surface area contributed by atoms with E-state index in [4.69, 9.17) is 25.8 Å². The molecule has 0 spiro atoms. The van der Waals surface area contributed by atoms with Gasteiger partial charge in [-0.1, -0.05) is 23.7 Å². The maximum atomic E-state index is 12.3. The molecule has 2 aromatic carbocycles. The van der Waals surface area contributed by atoms with Crippen molar-refractivity contribution in [3.8, 4) is 11.5 Å². The number of hydrogen-bond donors (Lipinski definition) is 0. The Morgan fingerprint density at radius 1 is 1.20 bits per heavy atom. The van der Waals surface area contributed by atoms with Gasteiger partial charge in [0.1, 0.15) is 12.2 Å². The zero-order valence-corrected chi connectivity index (χ0v) is 14.4. The first-order valence-corrected chi connectivity index (χ1v) is 7.74. The van der Waals surface area contributed by atoms with E-state index in [1.54, 1.807) is 31.2 Å². The van der Waals surface area contributed by atoms with Crippen molar-refractivity contribution in [3.05, 3.63) is 62.7 Å². The fourth-order valence-electron chi connectivity index (χ4n) is 2.10. The first-order valence-electron chi connectivity index (χ1n) is 7.37. The van der Waals surface area contributed by atoms with Crippen LogP contribution in [0.15, 0.2) is 36.4 Å². The molecule has 2 rings (SSSR count). The molecule has 0 fully saturated rings. The van der Waals surface area contributed by atoms with Crippen molar-refractivity contribution in [1.82, 2.24) is 0 Å². The number of carbonyl (C=O) groups excluding carboxylic acids is 1. The summed E-state index contributed by atoms with van der Waals surface area (Å²) in [6, 6.07) is 9.11. The lowest BCUT2D eigenvalue weighted by Crippen LogP contribution is -2.09. The number of methoxy groups -OCH3 is 1. The summed E-state index contributed by atoms with van der Waals surface area (Å²) < 4.78 is 15.6. The molecule has 0 amide bonds. The van der Waals surface area contributed by atoms with E-state index < -0.39 is 16.6 Å². The molecule has 0 saturated carbocycles. The summed E-state index contributed by atoms with van der Waals surface area (Å²) in [5.41, 5.74) is 0.0860. The van der Waals surface area contributed by atoms with Gasteiger partial charge in [0.15, 0.2) is 11.5 Å². The van der Waals surface area contributed by atoms with E-state index in [1.165, 1.54) is 13.2 Å². The summed E-state index contributed by atoms with van der Waals surface area (Å²) in [5, 5.41) is 11.8. The molecule has 0 aliphatic rings. The minimum Gasteiger partial charge on any atom is -0.493 e. The first-order chi connectivity index (χ1) is 12.0. The predicted molar refractivity (Wildman–Crippen MR) is 91.4 cm³/mol. The van der Waals surface area contributed by atoms with Gasteiger partial charge in [-0.25, -0.2) is 4.79 Å². The normalized spacial score (nSPS) is 10.2. The number of rotatable bonds is 7. The third-order valence-corrected chi connectivity index (χ3v) is 3.53. The highest BCUT2D eigenvalue weighted by Crippen LogP contribution is 2.35. The van der Waals surface area contributed by atoms with Crippen LogP contribution >= 0.6 is 11.6 Å². The Kier molecular flexibility index (Phi) is 6.19. The second kappa shape index (κ2) is 8.34. The van der Waals surface area contributed by atoms with Gasteiger partial charge < -0.3 is 14.2 Å². The second-order valence-electron chi connectivity index (χ2n) is 4.91. The average Bonchev–Trinajstić information content (AvgIpc) is 2.60. The van der Waals surface area contributed by atoms with Crippen molar-refractivity contribution in [2.24, 2.45) is 0 Å². The lowest BCUT2D eigenvalue weighted by atomic mass is 10.1. The molecule has 0 aliphatic heterocycles. The Hall–Kier alpha value is -2.80. The van der Waals surface area contributed by atoms with Crippen molar-refractivity contribution >= 4 is 23.3 Å². The maximum absolute atomic E-state index is 12.3. The number of hydrogen-bond acceptors (Lipinski definition) is 6. The monoisotopic (exact) mass is 365 g/mol. The van der Waals surface area contributed by atoms with Gasteiger partial charge in [0.2, 0.25) is 0 Å². The lowest BCUT2D eigenvalue weighted by molar-refractivity contribution is -0.385. The summed E-state index contributed by atoms with van der Waals surface area (Å²) >= 11 is 5.79. The number of benzene rings is 2. The summed E-state index contributed by atoms with van der Waals surface area (Å²) in [7, 11) is 1.38. The van der Waals surface area contributed by atoms with E-state index in [1.807, 2.05) is 0 Å². The summed E-state index contributed by atoms with van der Waals surface area (Å²) in [5.74, 6) is -0.431. The molecular weight excluding hydrogens is 350 g/mol. The quantitative estimate of drug-likeness (QED) is 0.418. The third kappa shape index (κ3) is 4.60. The molecule has 25 heavy (non-hydrogen) atoms. The Labute approximate surface area is 149 Å². The van der Waals surface area contributed by atoms with Gasteiger partial charge in [-0.3, -0.25) is 10.1 Å². The number of halogens is 1.